The molecule has 0 spiro atoms. The summed E-state index contributed by atoms with van der Waals surface area (Å²) in [5.41, 5.74) is 0.0469. The predicted molar refractivity (Wildman–Crippen MR) is 75.4 cm³/mol. The quantitative estimate of drug-likeness (QED) is 0.926. The molecule has 0 aliphatic carbocycles. The van der Waals surface area contributed by atoms with Crippen molar-refractivity contribution in [2.24, 2.45) is 5.92 Å². The molecular weight excluding hydrogens is 305 g/mol. The van der Waals surface area contributed by atoms with Crippen molar-refractivity contribution in [1.82, 2.24) is 4.31 Å². The number of aliphatic hydroxyl groups excluding tert-OH is 1. The van der Waals surface area contributed by atoms with E-state index in [2.05, 4.69) is 0 Å². The molecule has 7 heteroatoms. The standard InChI is InChI=1S/C13H17ClFNO3S/c1-9-4-5-16(7-13(9)17)20(18,19)8-10-6-11(14)2-3-12(10)15/h2-3,6,9,13,17H,4-5,7-8H2,1H3. The molecule has 0 bridgehead atoms. The van der Waals surface area contributed by atoms with Gasteiger partial charge in [0.05, 0.1) is 11.9 Å². The molecule has 1 aromatic rings. The van der Waals surface area contributed by atoms with Crippen molar-refractivity contribution in [2.45, 2.75) is 25.2 Å². The summed E-state index contributed by atoms with van der Waals surface area (Å²) in [4.78, 5) is 0. The van der Waals surface area contributed by atoms with E-state index in [4.69, 9.17) is 11.6 Å². The van der Waals surface area contributed by atoms with Gasteiger partial charge in [-0.05, 0) is 30.5 Å². The number of aliphatic hydroxyl groups is 1. The fourth-order valence-electron chi connectivity index (χ4n) is 2.21. The van der Waals surface area contributed by atoms with Crippen LogP contribution in [0, 0.1) is 11.7 Å². The van der Waals surface area contributed by atoms with E-state index in [0.717, 1.165) is 6.07 Å². The summed E-state index contributed by atoms with van der Waals surface area (Å²) >= 11 is 5.76. The number of halogens is 2. The van der Waals surface area contributed by atoms with Crippen LogP contribution in [0.2, 0.25) is 5.02 Å². The molecule has 2 rings (SSSR count). The molecule has 1 aromatic carbocycles. The summed E-state index contributed by atoms with van der Waals surface area (Å²) < 4.78 is 39.4. The van der Waals surface area contributed by atoms with Gasteiger partial charge in [-0.3, -0.25) is 0 Å². The average Bonchev–Trinajstić information content (AvgIpc) is 2.36. The van der Waals surface area contributed by atoms with Gasteiger partial charge in [0.25, 0.3) is 0 Å². The van der Waals surface area contributed by atoms with Crippen molar-refractivity contribution < 1.29 is 17.9 Å². The zero-order valence-corrected chi connectivity index (χ0v) is 12.7. The van der Waals surface area contributed by atoms with Gasteiger partial charge in [-0.25, -0.2) is 12.8 Å². The largest absolute Gasteiger partial charge is 0.391 e. The van der Waals surface area contributed by atoms with Gasteiger partial charge < -0.3 is 5.11 Å². The molecule has 2 atom stereocenters. The Balaban J connectivity index is 2.17. The molecule has 20 heavy (non-hydrogen) atoms. The van der Waals surface area contributed by atoms with Crippen LogP contribution in [0.1, 0.15) is 18.9 Å². The second-order valence-corrected chi connectivity index (χ2v) is 7.59. The summed E-state index contributed by atoms with van der Waals surface area (Å²) in [6, 6.07) is 3.84. The molecule has 112 valence electrons. The monoisotopic (exact) mass is 321 g/mol. The molecule has 1 aliphatic heterocycles. The maximum absolute atomic E-state index is 13.6. The summed E-state index contributed by atoms with van der Waals surface area (Å²) in [5, 5.41) is 10.1. The fraction of sp³-hybridized carbons (Fsp3) is 0.538. The third kappa shape index (κ3) is 3.49. The van der Waals surface area contributed by atoms with Crippen molar-refractivity contribution in [3.05, 3.63) is 34.6 Å². The minimum atomic E-state index is -3.66. The number of β-amino-alcohol motifs (C(OH)–C–C–N with tert-alkyl or cyclic N) is 1. The molecule has 0 radical (unpaired) electrons. The van der Waals surface area contributed by atoms with Crippen LogP contribution in [0.4, 0.5) is 4.39 Å². The lowest BCUT2D eigenvalue weighted by molar-refractivity contribution is 0.0604. The molecular formula is C13H17ClFNO3S. The average molecular weight is 322 g/mol. The maximum Gasteiger partial charge on any atom is 0.218 e. The molecule has 0 saturated carbocycles. The Hall–Kier alpha value is -0.690. The summed E-state index contributed by atoms with van der Waals surface area (Å²) in [6.07, 6.45) is -0.0824. The molecule has 1 saturated heterocycles. The smallest absolute Gasteiger partial charge is 0.218 e. The van der Waals surface area contributed by atoms with E-state index >= 15 is 0 Å². The highest BCUT2D eigenvalue weighted by atomic mass is 35.5. The normalized spacial score (nSPS) is 24.8. The second kappa shape index (κ2) is 5.97. The number of hydrogen-bond acceptors (Lipinski definition) is 3. The molecule has 2 unspecified atom stereocenters. The zero-order valence-electron chi connectivity index (χ0n) is 11.1. The van der Waals surface area contributed by atoms with Crippen molar-refractivity contribution in [1.29, 1.82) is 0 Å². The highest BCUT2D eigenvalue weighted by Gasteiger charge is 2.32. The first kappa shape index (κ1) is 15.7. The van der Waals surface area contributed by atoms with Crippen LogP contribution in [0.3, 0.4) is 0 Å². The van der Waals surface area contributed by atoms with E-state index in [0.29, 0.717) is 18.0 Å². The minimum Gasteiger partial charge on any atom is -0.391 e. The van der Waals surface area contributed by atoms with E-state index < -0.39 is 27.7 Å². The van der Waals surface area contributed by atoms with Gasteiger partial charge in [0.15, 0.2) is 0 Å². The highest BCUT2D eigenvalue weighted by molar-refractivity contribution is 7.88. The lowest BCUT2D eigenvalue weighted by Crippen LogP contribution is -2.46. The lowest BCUT2D eigenvalue weighted by Gasteiger charge is -2.33. The Kier molecular flexibility index (Phi) is 4.69. The fourth-order valence-corrected chi connectivity index (χ4v) is 3.97. The van der Waals surface area contributed by atoms with Crippen LogP contribution >= 0.6 is 11.6 Å². The number of rotatable bonds is 3. The molecule has 0 amide bonds. The molecule has 1 heterocycles. The van der Waals surface area contributed by atoms with E-state index in [9.17, 15) is 17.9 Å². The predicted octanol–water partition coefficient (Wildman–Crippen LogP) is 2.01. The van der Waals surface area contributed by atoms with Crippen LogP contribution in [-0.2, 0) is 15.8 Å². The first-order valence-corrected chi connectivity index (χ1v) is 8.38. The van der Waals surface area contributed by atoms with E-state index in [1.54, 1.807) is 0 Å². The molecule has 1 fully saturated rings. The number of piperidine rings is 1. The molecule has 4 nitrogen and oxygen atoms in total. The first-order chi connectivity index (χ1) is 9.29. The van der Waals surface area contributed by atoms with Gasteiger partial charge in [-0.15, -0.1) is 0 Å². The summed E-state index contributed by atoms with van der Waals surface area (Å²) in [5.74, 6) is -0.964. The third-order valence-electron chi connectivity index (χ3n) is 3.62. The van der Waals surface area contributed by atoms with Crippen LogP contribution < -0.4 is 0 Å². The number of sulfonamides is 1. The lowest BCUT2D eigenvalue weighted by atomic mass is 9.98. The maximum atomic E-state index is 13.6. The van der Waals surface area contributed by atoms with Crippen LogP contribution in [0.5, 0.6) is 0 Å². The number of hydrogen-bond donors (Lipinski definition) is 1. The summed E-state index contributed by atoms with van der Waals surface area (Å²) in [6.45, 7) is 2.29. The number of benzene rings is 1. The Bertz CT molecular complexity index is 593. The highest BCUT2D eigenvalue weighted by Crippen LogP contribution is 2.23. The van der Waals surface area contributed by atoms with Crippen molar-refractivity contribution in [3.63, 3.8) is 0 Å². The van der Waals surface area contributed by atoms with Crippen molar-refractivity contribution >= 4 is 21.6 Å². The Morgan fingerprint density at radius 3 is 2.85 bits per heavy atom. The molecule has 1 N–H and O–H groups in total. The van der Waals surface area contributed by atoms with Gasteiger partial charge in [-0.2, -0.15) is 4.31 Å². The van der Waals surface area contributed by atoms with Gasteiger partial charge in [0.2, 0.25) is 10.0 Å². The minimum absolute atomic E-state index is 0.0469. The summed E-state index contributed by atoms with van der Waals surface area (Å²) in [7, 11) is -3.66. The van der Waals surface area contributed by atoms with Crippen molar-refractivity contribution in [3.8, 4) is 0 Å². The zero-order chi connectivity index (χ0) is 14.9. The van der Waals surface area contributed by atoms with E-state index in [1.165, 1.54) is 16.4 Å². The second-order valence-electron chi connectivity index (χ2n) is 5.18. The van der Waals surface area contributed by atoms with E-state index in [-0.39, 0.29) is 18.0 Å². The number of nitrogens with zero attached hydrogens (tertiary/aromatic N) is 1. The Morgan fingerprint density at radius 1 is 1.50 bits per heavy atom. The van der Waals surface area contributed by atoms with Gasteiger partial charge in [0.1, 0.15) is 5.82 Å². The topological polar surface area (TPSA) is 57.6 Å². The SMILES string of the molecule is CC1CCN(S(=O)(=O)Cc2cc(Cl)ccc2F)CC1O. The molecule has 0 aromatic heterocycles. The van der Waals surface area contributed by atoms with Gasteiger partial charge in [-0.1, -0.05) is 18.5 Å². The van der Waals surface area contributed by atoms with Crippen LogP contribution in [-0.4, -0.2) is 37.0 Å². The first-order valence-electron chi connectivity index (χ1n) is 6.39. The Morgan fingerprint density at radius 2 is 2.20 bits per heavy atom. The van der Waals surface area contributed by atoms with Crippen molar-refractivity contribution in [2.75, 3.05) is 13.1 Å². The van der Waals surface area contributed by atoms with E-state index in [1.807, 2.05) is 6.92 Å². The molecule has 1 aliphatic rings. The van der Waals surface area contributed by atoms with Gasteiger partial charge >= 0.3 is 0 Å². The van der Waals surface area contributed by atoms with Crippen LogP contribution in [0.25, 0.3) is 0 Å². The Labute approximate surface area is 123 Å². The third-order valence-corrected chi connectivity index (χ3v) is 5.65. The van der Waals surface area contributed by atoms with Crippen LogP contribution in [0.15, 0.2) is 18.2 Å². The van der Waals surface area contributed by atoms with Gasteiger partial charge in [0, 0.05) is 23.7 Å².